The maximum absolute atomic E-state index is 8.81. The minimum absolute atomic E-state index is 1.45. The van der Waals surface area contributed by atoms with E-state index in [9.17, 15) is 0 Å². The molecule has 0 aromatic heterocycles. The van der Waals surface area contributed by atoms with E-state index in [0.29, 0.717) is 0 Å². The molecule has 0 bridgehead atoms. The average molecular weight is 57.1 g/mol. The van der Waals surface area contributed by atoms with Gasteiger partial charge in [0.25, 0.3) is 5.01 Å². The van der Waals surface area contributed by atoms with Crippen LogP contribution in [0.15, 0.2) is 0 Å². The van der Waals surface area contributed by atoms with Crippen LogP contribution in [0.25, 0.3) is 5.01 Å². The first-order chi connectivity index (χ1) is 1.91. The molecule has 21 valence electrons. The van der Waals surface area contributed by atoms with Gasteiger partial charge in [0.15, 0.2) is 5.21 Å². The van der Waals surface area contributed by atoms with Gasteiger partial charge >= 0.3 is 6.07 Å². The Bertz CT molecular complexity index is 42.8. The van der Waals surface area contributed by atoms with Crippen molar-refractivity contribution in [3.63, 3.8) is 0 Å². The lowest BCUT2D eigenvalue weighted by atomic mass is 11.0. The first-order valence-corrected chi connectivity index (χ1v) is 0.906. The van der Waals surface area contributed by atoms with Crippen molar-refractivity contribution in [2.24, 2.45) is 0 Å². The Kier molecular flexibility index (Phi) is 1.88. The van der Waals surface area contributed by atoms with E-state index in [1.807, 2.05) is 6.07 Å². The summed E-state index contributed by atoms with van der Waals surface area (Å²) >= 11 is 0. The number of nitrogens with zero attached hydrogens (tertiary/aromatic N) is 1. The highest BCUT2D eigenvalue weighted by Crippen LogP contribution is 1.44. The molecule has 0 amide bonds. The third kappa shape index (κ3) is 1.29. The molecular weight excluding hydrogens is 54.0 g/mol. The van der Waals surface area contributed by atoms with Crippen LogP contribution in [0.4, 0.5) is 0 Å². The van der Waals surface area contributed by atoms with Gasteiger partial charge in [0.2, 0.25) is 0 Å². The van der Waals surface area contributed by atoms with Gasteiger partial charge in [-0.15, -0.1) is 0 Å². The summed E-state index contributed by atoms with van der Waals surface area (Å²) in [6, 6.07) is 2.00. The molecule has 4 heavy (non-hydrogen) atoms. The van der Waals surface area contributed by atoms with E-state index in [4.69, 9.17) is 5.21 Å². The Morgan fingerprint density at radius 2 is 2.25 bits per heavy atom. The molecular formula is C2H3NO+. The van der Waals surface area contributed by atoms with Crippen LogP contribution in [0.3, 0.4) is 0 Å². The van der Waals surface area contributed by atoms with Crippen molar-refractivity contribution in [3.05, 3.63) is 5.01 Å². The summed E-state index contributed by atoms with van der Waals surface area (Å²) in [5.74, 6) is 0. The lowest BCUT2D eigenvalue weighted by Gasteiger charge is -1.09. The Morgan fingerprint density at radius 3 is 2.25 bits per heavy atom. The Labute approximate surface area is 24.5 Å². The zero-order valence-electron chi connectivity index (χ0n) is 2.36. The molecule has 2 heteroatoms. The van der Waals surface area contributed by atoms with E-state index in [-0.39, 0.29) is 0 Å². The summed E-state index contributed by atoms with van der Waals surface area (Å²) in [4.78, 5) is 0. The summed E-state index contributed by atoms with van der Waals surface area (Å²) in [5, 5.41) is 11.0. The van der Waals surface area contributed by atoms with Crippen molar-refractivity contribution in [2.75, 3.05) is 0 Å². The van der Waals surface area contributed by atoms with Crippen molar-refractivity contribution in [2.45, 2.75) is 6.92 Å². The molecule has 0 atom stereocenters. The molecule has 0 heterocycles. The summed E-state index contributed by atoms with van der Waals surface area (Å²) in [7, 11) is 0. The minimum atomic E-state index is 1.45. The Morgan fingerprint density at radius 1 is 2.00 bits per heavy atom. The second-order valence-electron chi connectivity index (χ2n) is 0.315. The fourth-order valence-electron chi connectivity index (χ4n) is 0. The van der Waals surface area contributed by atoms with Crippen molar-refractivity contribution < 1.29 is 5.21 Å². The molecule has 1 radical (unpaired) electrons. The van der Waals surface area contributed by atoms with E-state index in [1.54, 1.807) is 0 Å². The maximum atomic E-state index is 8.81. The van der Waals surface area contributed by atoms with Crippen molar-refractivity contribution in [1.82, 2.24) is 0 Å². The largest absolute Gasteiger partial charge is 0.351 e. The van der Waals surface area contributed by atoms with Crippen LogP contribution >= 0.6 is 0 Å². The van der Waals surface area contributed by atoms with E-state index in [0.717, 1.165) is 0 Å². The first kappa shape index (κ1) is 3.29. The fourth-order valence-corrected chi connectivity index (χ4v) is 0. The molecule has 0 aromatic rings. The van der Waals surface area contributed by atoms with Gasteiger partial charge in [-0.1, -0.05) is 0 Å². The molecule has 0 fully saturated rings. The zero-order valence-corrected chi connectivity index (χ0v) is 2.36. The molecule has 0 aliphatic carbocycles. The molecule has 0 aliphatic rings. The topological polar surface area (TPSA) is 24.3 Å². The van der Waals surface area contributed by atoms with Gasteiger partial charge in [-0.2, -0.15) is 0 Å². The summed E-state index contributed by atoms with van der Waals surface area (Å²) in [6.45, 7) is 1.45. The highest BCUT2D eigenvalue weighted by Gasteiger charge is 1.58. The van der Waals surface area contributed by atoms with Crippen molar-refractivity contribution in [1.29, 1.82) is 0 Å². The van der Waals surface area contributed by atoms with Gasteiger partial charge in [0, 0.05) is 0 Å². The zero-order chi connectivity index (χ0) is 3.41. The lowest BCUT2D eigenvalue weighted by Crippen LogP contribution is -1.24. The van der Waals surface area contributed by atoms with Crippen molar-refractivity contribution in [3.8, 4) is 6.07 Å². The predicted octanol–water partition coefficient (Wildman–Crippen LogP) is 0.685. The van der Waals surface area contributed by atoms with Crippen molar-refractivity contribution >= 4 is 0 Å². The molecule has 0 saturated carbocycles. The van der Waals surface area contributed by atoms with E-state index in [2.05, 4.69) is 5.01 Å². The average Bonchev–Trinajstić information content (AvgIpc) is 1.37. The molecule has 0 N–H and O–H groups in total. The summed E-state index contributed by atoms with van der Waals surface area (Å²) in [6.07, 6.45) is 0. The second-order valence-corrected chi connectivity index (χ2v) is 0.315. The summed E-state index contributed by atoms with van der Waals surface area (Å²) < 4.78 is 0. The van der Waals surface area contributed by atoms with Gasteiger partial charge < -0.3 is 0 Å². The van der Waals surface area contributed by atoms with Crippen LogP contribution in [-0.2, 0) is 5.21 Å². The van der Waals surface area contributed by atoms with Gasteiger partial charge in [-0.25, -0.2) is 0 Å². The smallest absolute Gasteiger partial charge is 0.0768 e. The first-order valence-electron chi connectivity index (χ1n) is 0.906. The Balaban J connectivity index is 2.83. The van der Waals surface area contributed by atoms with Gasteiger partial charge in [0.05, 0.1) is 6.92 Å². The number of rotatable bonds is 0. The van der Waals surface area contributed by atoms with Crippen LogP contribution in [0.2, 0.25) is 0 Å². The number of hydrogen-bond donors (Lipinski definition) is 0. The van der Waals surface area contributed by atoms with E-state index >= 15 is 0 Å². The lowest BCUT2D eigenvalue weighted by molar-refractivity contribution is 0.343. The predicted molar refractivity (Wildman–Crippen MR) is 13.6 cm³/mol. The monoisotopic (exact) mass is 57.0 g/mol. The van der Waals surface area contributed by atoms with Crippen LogP contribution < -0.4 is 0 Å². The molecule has 2 nitrogen and oxygen atoms in total. The standard InChI is InChI=1S/C2H3NO/c1-2-3-4/h1H3/q+1. The molecule has 0 aliphatic heterocycles. The number of hydrogen-bond acceptors (Lipinski definition) is 0. The molecule has 0 spiro atoms. The Hall–Kier alpha value is -0.710. The SMILES string of the molecule is CC#[N+][O]. The second kappa shape index (κ2) is 2.29. The highest BCUT2D eigenvalue weighted by atomic mass is 16.4. The third-order valence-electron chi connectivity index (χ3n) is 0.0913. The normalized spacial score (nSPS) is 3.25. The van der Waals surface area contributed by atoms with Gasteiger partial charge in [-0.3, -0.25) is 0 Å². The highest BCUT2D eigenvalue weighted by molar-refractivity contribution is 4.67. The van der Waals surface area contributed by atoms with Crippen LogP contribution in [0, 0.1) is 6.07 Å². The van der Waals surface area contributed by atoms with Gasteiger partial charge in [-0.05, 0) is 0 Å². The third-order valence-corrected chi connectivity index (χ3v) is 0.0913. The minimum Gasteiger partial charge on any atom is 0.0768 e. The molecule has 0 rings (SSSR count). The fraction of sp³-hybridized carbons (Fsp3) is 0.500. The maximum Gasteiger partial charge on any atom is 0.351 e. The molecule has 0 aromatic carbocycles. The van der Waals surface area contributed by atoms with Gasteiger partial charge in [0.1, 0.15) is 0 Å². The van der Waals surface area contributed by atoms with E-state index in [1.165, 1.54) is 6.92 Å². The van der Waals surface area contributed by atoms with Crippen LogP contribution in [0.1, 0.15) is 6.92 Å². The summed E-state index contributed by atoms with van der Waals surface area (Å²) in [5.41, 5.74) is 0. The van der Waals surface area contributed by atoms with Crippen LogP contribution in [-0.4, -0.2) is 0 Å². The quantitative estimate of drug-likeness (QED) is 0.365. The molecule has 0 unspecified atom stereocenters. The van der Waals surface area contributed by atoms with E-state index < -0.39 is 0 Å². The van der Waals surface area contributed by atoms with Crippen LogP contribution in [0.5, 0.6) is 0 Å². The molecule has 0 saturated heterocycles.